The molecule has 0 fully saturated rings. The fraction of sp³-hybridized carbons (Fsp3) is 0.133. The Morgan fingerprint density at radius 1 is 1.00 bits per heavy atom. The summed E-state index contributed by atoms with van der Waals surface area (Å²) < 4.78 is 41.7. The number of halogens is 3. The molecule has 6 heteroatoms. The van der Waals surface area contributed by atoms with E-state index in [0.29, 0.717) is 12.4 Å². The Hall–Kier alpha value is -2.50. The van der Waals surface area contributed by atoms with Gasteiger partial charge in [0, 0.05) is 5.69 Å². The van der Waals surface area contributed by atoms with Crippen LogP contribution in [0.1, 0.15) is 5.56 Å². The number of amides is 1. The van der Waals surface area contributed by atoms with Gasteiger partial charge in [0.05, 0.1) is 0 Å². The van der Waals surface area contributed by atoms with Crippen LogP contribution in [0.4, 0.5) is 18.9 Å². The van der Waals surface area contributed by atoms with Crippen molar-refractivity contribution in [1.82, 2.24) is 0 Å². The normalized spacial score (nSPS) is 11.0. The van der Waals surface area contributed by atoms with Gasteiger partial charge < -0.3 is 10.1 Å². The zero-order valence-corrected chi connectivity index (χ0v) is 10.9. The number of benzene rings is 2. The fourth-order valence-electron chi connectivity index (χ4n) is 1.58. The van der Waals surface area contributed by atoms with Crippen LogP contribution in [0.15, 0.2) is 54.6 Å². The molecule has 0 heterocycles. The van der Waals surface area contributed by atoms with E-state index in [-0.39, 0.29) is 5.69 Å². The molecule has 0 aromatic heterocycles. The van der Waals surface area contributed by atoms with E-state index in [1.807, 2.05) is 30.3 Å². The first-order valence-electron chi connectivity index (χ1n) is 6.10. The number of hydrogen-bond donors (Lipinski definition) is 1. The average Bonchev–Trinajstić information content (AvgIpc) is 2.46. The first kappa shape index (κ1) is 14.9. The first-order valence-corrected chi connectivity index (χ1v) is 6.10. The molecule has 0 bridgehead atoms. The second kappa shape index (κ2) is 6.30. The number of alkyl halides is 3. The molecule has 0 aliphatic rings. The third-order valence-electron chi connectivity index (χ3n) is 2.62. The second-order valence-electron chi connectivity index (χ2n) is 4.25. The van der Waals surface area contributed by atoms with Gasteiger partial charge in [0.15, 0.2) is 0 Å². The van der Waals surface area contributed by atoms with Gasteiger partial charge in [-0.05, 0) is 29.8 Å². The SMILES string of the molecule is O=C(Nc1ccc(OCc2ccccc2)cc1)C(F)(F)F. The molecule has 1 amide bonds. The lowest BCUT2D eigenvalue weighted by atomic mass is 10.2. The highest BCUT2D eigenvalue weighted by molar-refractivity contribution is 5.94. The lowest BCUT2D eigenvalue weighted by Gasteiger charge is -2.09. The number of ether oxygens (including phenoxy) is 1. The topological polar surface area (TPSA) is 38.3 Å². The quantitative estimate of drug-likeness (QED) is 0.932. The van der Waals surface area contributed by atoms with Crippen molar-refractivity contribution in [2.75, 3.05) is 5.32 Å². The van der Waals surface area contributed by atoms with Crippen LogP contribution in [0, 0.1) is 0 Å². The molecule has 2 aromatic carbocycles. The highest BCUT2D eigenvalue weighted by atomic mass is 19.4. The maximum Gasteiger partial charge on any atom is 0.471 e. The van der Waals surface area contributed by atoms with Crippen LogP contribution in [0.2, 0.25) is 0 Å². The van der Waals surface area contributed by atoms with E-state index in [1.54, 1.807) is 5.32 Å². The predicted molar refractivity (Wildman–Crippen MR) is 71.9 cm³/mol. The minimum absolute atomic E-state index is 0.0596. The Bertz CT molecular complexity index is 595. The number of carbonyl (C=O) groups excluding carboxylic acids is 1. The lowest BCUT2D eigenvalue weighted by Crippen LogP contribution is -2.29. The molecule has 3 nitrogen and oxygen atoms in total. The monoisotopic (exact) mass is 295 g/mol. The number of hydrogen-bond acceptors (Lipinski definition) is 2. The molecular formula is C15H12F3NO2. The smallest absolute Gasteiger partial charge is 0.471 e. The predicted octanol–water partition coefficient (Wildman–Crippen LogP) is 3.77. The van der Waals surface area contributed by atoms with Crippen molar-refractivity contribution in [3.8, 4) is 5.75 Å². The fourth-order valence-corrected chi connectivity index (χ4v) is 1.58. The maximum atomic E-state index is 12.1. The van der Waals surface area contributed by atoms with E-state index in [1.165, 1.54) is 24.3 Å². The molecule has 0 aliphatic carbocycles. The van der Waals surface area contributed by atoms with E-state index in [0.717, 1.165) is 5.56 Å². The molecule has 0 saturated carbocycles. The zero-order chi connectivity index (χ0) is 15.3. The van der Waals surface area contributed by atoms with Crippen LogP contribution in [-0.2, 0) is 11.4 Å². The van der Waals surface area contributed by atoms with Crippen molar-refractivity contribution in [1.29, 1.82) is 0 Å². The highest BCUT2D eigenvalue weighted by Crippen LogP contribution is 2.20. The summed E-state index contributed by atoms with van der Waals surface area (Å²) in [7, 11) is 0. The standard InChI is InChI=1S/C15H12F3NO2/c16-15(17,18)14(20)19-12-6-8-13(9-7-12)21-10-11-4-2-1-3-5-11/h1-9H,10H2,(H,19,20). The lowest BCUT2D eigenvalue weighted by molar-refractivity contribution is -0.167. The summed E-state index contributed by atoms with van der Waals surface area (Å²) in [4.78, 5) is 10.8. The molecule has 0 spiro atoms. The zero-order valence-electron chi connectivity index (χ0n) is 10.9. The minimum Gasteiger partial charge on any atom is -0.489 e. The summed E-state index contributed by atoms with van der Waals surface area (Å²) in [6, 6.07) is 15.2. The van der Waals surface area contributed by atoms with Crippen LogP contribution in [0.25, 0.3) is 0 Å². The summed E-state index contributed by atoms with van der Waals surface area (Å²) >= 11 is 0. The molecular weight excluding hydrogens is 283 g/mol. The van der Waals surface area contributed by atoms with Gasteiger partial charge in [-0.15, -0.1) is 0 Å². The molecule has 110 valence electrons. The molecule has 0 aliphatic heterocycles. The number of anilines is 1. The van der Waals surface area contributed by atoms with Gasteiger partial charge >= 0.3 is 12.1 Å². The third kappa shape index (κ3) is 4.52. The summed E-state index contributed by atoms with van der Waals surface area (Å²) in [5.74, 6) is -1.50. The van der Waals surface area contributed by atoms with E-state index in [9.17, 15) is 18.0 Å². The van der Waals surface area contributed by atoms with Crippen molar-refractivity contribution in [3.05, 3.63) is 60.2 Å². The van der Waals surface area contributed by atoms with Crippen molar-refractivity contribution in [2.24, 2.45) is 0 Å². The second-order valence-corrected chi connectivity index (χ2v) is 4.25. The van der Waals surface area contributed by atoms with E-state index >= 15 is 0 Å². The molecule has 0 atom stereocenters. The van der Waals surface area contributed by atoms with Crippen molar-refractivity contribution >= 4 is 11.6 Å². The molecule has 0 radical (unpaired) electrons. The van der Waals surface area contributed by atoms with Crippen LogP contribution >= 0.6 is 0 Å². The molecule has 2 rings (SSSR count). The first-order chi connectivity index (χ1) is 9.95. The van der Waals surface area contributed by atoms with Gasteiger partial charge in [-0.3, -0.25) is 4.79 Å². The number of carbonyl (C=O) groups is 1. The van der Waals surface area contributed by atoms with Crippen LogP contribution < -0.4 is 10.1 Å². The highest BCUT2D eigenvalue weighted by Gasteiger charge is 2.38. The Morgan fingerprint density at radius 3 is 2.19 bits per heavy atom. The Labute approximate surface area is 119 Å². The van der Waals surface area contributed by atoms with Crippen LogP contribution in [-0.4, -0.2) is 12.1 Å². The average molecular weight is 295 g/mol. The largest absolute Gasteiger partial charge is 0.489 e. The van der Waals surface area contributed by atoms with E-state index in [2.05, 4.69) is 0 Å². The molecule has 0 saturated heterocycles. The molecule has 2 aromatic rings. The van der Waals surface area contributed by atoms with E-state index < -0.39 is 12.1 Å². The summed E-state index contributed by atoms with van der Waals surface area (Å²) in [6.07, 6.45) is -4.90. The summed E-state index contributed by atoms with van der Waals surface area (Å²) in [5, 5.41) is 1.76. The third-order valence-corrected chi connectivity index (χ3v) is 2.62. The number of rotatable bonds is 4. The van der Waals surface area contributed by atoms with E-state index in [4.69, 9.17) is 4.74 Å². The minimum atomic E-state index is -4.90. The van der Waals surface area contributed by atoms with Crippen LogP contribution in [0.3, 0.4) is 0 Å². The van der Waals surface area contributed by atoms with Crippen molar-refractivity contribution < 1.29 is 22.7 Å². The Kier molecular flexibility index (Phi) is 4.47. The number of nitrogens with one attached hydrogen (secondary N) is 1. The summed E-state index contributed by atoms with van der Waals surface area (Å²) in [6.45, 7) is 0.356. The van der Waals surface area contributed by atoms with Gasteiger partial charge in [0.2, 0.25) is 0 Å². The molecule has 0 unspecified atom stereocenters. The maximum absolute atomic E-state index is 12.1. The van der Waals surface area contributed by atoms with Gasteiger partial charge in [-0.25, -0.2) is 0 Å². The molecule has 21 heavy (non-hydrogen) atoms. The van der Waals surface area contributed by atoms with Crippen molar-refractivity contribution in [3.63, 3.8) is 0 Å². The van der Waals surface area contributed by atoms with Crippen LogP contribution in [0.5, 0.6) is 5.75 Å². The Balaban J connectivity index is 1.92. The summed E-state index contributed by atoms with van der Waals surface area (Å²) in [5.41, 5.74) is 1.04. The van der Waals surface area contributed by atoms with Gasteiger partial charge in [-0.1, -0.05) is 30.3 Å². The van der Waals surface area contributed by atoms with Gasteiger partial charge in [0.1, 0.15) is 12.4 Å². The van der Waals surface area contributed by atoms with Crippen molar-refractivity contribution in [2.45, 2.75) is 12.8 Å². The van der Waals surface area contributed by atoms with Gasteiger partial charge in [-0.2, -0.15) is 13.2 Å². The Morgan fingerprint density at radius 2 is 1.62 bits per heavy atom. The molecule has 1 N–H and O–H groups in total. The van der Waals surface area contributed by atoms with Gasteiger partial charge in [0.25, 0.3) is 0 Å².